The van der Waals surface area contributed by atoms with E-state index in [9.17, 15) is 9.90 Å². The van der Waals surface area contributed by atoms with E-state index >= 15 is 0 Å². The molecule has 1 rings (SSSR count). The van der Waals surface area contributed by atoms with Crippen LogP contribution in [0.15, 0.2) is 18.2 Å². The molecule has 0 heterocycles. The third-order valence-corrected chi connectivity index (χ3v) is 3.13. The van der Waals surface area contributed by atoms with Crippen LogP contribution in [0.25, 0.3) is 0 Å². The molecule has 1 amide bonds. The van der Waals surface area contributed by atoms with Gasteiger partial charge in [-0.25, -0.2) is 0 Å². The molecular weight excluding hydrogens is 276 g/mol. The Balaban J connectivity index is 2.64. The molecular formula is C15H23ClN2O2. The molecule has 4 nitrogen and oxygen atoms in total. The van der Waals surface area contributed by atoms with Gasteiger partial charge >= 0.3 is 0 Å². The van der Waals surface area contributed by atoms with E-state index < -0.39 is 5.60 Å². The predicted octanol–water partition coefficient (Wildman–Crippen LogP) is 2.68. The molecule has 0 unspecified atom stereocenters. The van der Waals surface area contributed by atoms with E-state index in [0.717, 1.165) is 11.3 Å². The summed E-state index contributed by atoms with van der Waals surface area (Å²) in [6, 6.07) is 5.40. The molecule has 0 aliphatic rings. The van der Waals surface area contributed by atoms with E-state index in [1.807, 2.05) is 24.8 Å². The molecule has 0 bridgehead atoms. The van der Waals surface area contributed by atoms with Crippen LogP contribution >= 0.6 is 11.6 Å². The fourth-order valence-electron chi connectivity index (χ4n) is 1.95. The maximum Gasteiger partial charge on any atom is 0.238 e. The highest BCUT2D eigenvalue weighted by atomic mass is 35.5. The molecule has 0 radical (unpaired) electrons. The quantitative estimate of drug-likeness (QED) is 0.849. The third kappa shape index (κ3) is 5.90. The topological polar surface area (TPSA) is 52.6 Å². The van der Waals surface area contributed by atoms with E-state index in [4.69, 9.17) is 11.6 Å². The summed E-state index contributed by atoms with van der Waals surface area (Å²) in [6.07, 6.45) is 0. The van der Waals surface area contributed by atoms with Gasteiger partial charge in [0.05, 0.1) is 12.1 Å². The van der Waals surface area contributed by atoms with Crippen molar-refractivity contribution >= 4 is 23.2 Å². The zero-order valence-corrected chi connectivity index (χ0v) is 13.3. The van der Waals surface area contributed by atoms with Gasteiger partial charge in [-0.3, -0.25) is 9.69 Å². The molecule has 0 saturated heterocycles. The maximum absolute atomic E-state index is 12.1. The average molecular weight is 299 g/mol. The molecule has 0 spiro atoms. The van der Waals surface area contributed by atoms with Gasteiger partial charge in [0.2, 0.25) is 5.91 Å². The Morgan fingerprint density at radius 1 is 1.45 bits per heavy atom. The fourth-order valence-corrected chi connectivity index (χ4v) is 2.12. The van der Waals surface area contributed by atoms with Crippen LogP contribution in [0, 0.1) is 6.92 Å². The highest BCUT2D eigenvalue weighted by molar-refractivity contribution is 6.31. The first kappa shape index (κ1) is 17.0. The first-order valence-electron chi connectivity index (χ1n) is 6.72. The van der Waals surface area contributed by atoms with E-state index in [1.165, 1.54) is 0 Å². The van der Waals surface area contributed by atoms with Crippen molar-refractivity contribution in [1.82, 2.24) is 4.90 Å². The van der Waals surface area contributed by atoms with Gasteiger partial charge in [0.15, 0.2) is 0 Å². The molecule has 20 heavy (non-hydrogen) atoms. The largest absolute Gasteiger partial charge is 0.389 e. The van der Waals surface area contributed by atoms with Crippen LogP contribution in [-0.4, -0.2) is 41.1 Å². The number of anilines is 1. The Kier molecular flexibility index (Phi) is 5.99. The van der Waals surface area contributed by atoms with Gasteiger partial charge in [-0.2, -0.15) is 0 Å². The van der Waals surface area contributed by atoms with Gasteiger partial charge < -0.3 is 10.4 Å². The van der Waals surface area contributed by atoms with E-state index in [-0.39, 0.29) is 12.5 Å². The zero-order valence-electron chi connectivity index (χ0n) is 12.5. The van der Waals surface area contributed by atoms with Gasteiger partial charge in [-0.15, -0.1) is 0 Å². The van der Waals surface area contributed by atoms with Crippen molar-refractivity contribution in [1.29, 1.82) is 0 Å². The number of likely N-dealkylation sites (N-methyl/N-ethyl adjacent to an activating group) is 1. The molecule has 112 valence electrons. The van der Waals surface area contributed by atoms with Crippen LogP contribution in [0.5, 0.6) is 0 Å². The number of carbonyl (C=O) groups is 1. The summed E-state index contributed by atoms with van der Waals surface area (Å²) in [7, 11) is 0. The summed E-state index contributed by atoms with van der Waals surface area (Å²) in [5, 5.41) is 13.3. The number of nitrogens with zero attached hydrogens (tertiary/aromatic N) is 1. The first-order valence-corrected chi connectivity index (χ1v) is 7.10. The second kappa shape index (κ2) is 7.07. The minimum Gasteiger partial charge on any atom is -0.389 e. The Bertz CT molecular complexity index is 469. The molecule has 5 heteroatoms. The third-order valence-electron chi connectivity index (χ3n) is 2.90. The number of carbonyl (C=O) groups excluding carboxylic acids is 1. The molecule has 0 atom stereocenters. The highest BCUT2D eigenvalue weighted by Crippen LogP contribution is 2.20. The number of aliphatic hydroxyl groups is 1. The second-order valence-electron chi connectivity index (χ2n) is 5.62. The highest BCUT2D eigenvalue weighted by Gasteiger charge is 2.19. The van der Waals surface area contributed by atoms with Crippen LogP contribution < -0.4 is 5.32 Å². The zero-order chi connectivity index (χ0) is 15.3. The van der Waals surface area contributed by atoms with Crippen molar-refractivity contribution in [3.63, 3.8) is 0 Å². The van der Waals surface area contributed by atoms with E-state index in [0.29, 0.717) is 18.1 Å². The smallest absolute Gasteiger partial charge is 0.238 e. The summed E-state index contributed by atoms with van der Waals surface area (Å²) in [5.74, 6) is -0.110. The van der Waals surface area contributed by atoms with Crippen molar-refractivity contribution in [2.45, 2.75) is 33.3 Å². The molecule has 2 N–H and O–H groups in total. The molecule has 0 fully saturated rings. The van der Waals surface area contributed by atoms with E-state index in [2.05, 4.69) is 5.32 Å². The number of benzene rings is 1. The SMILES string of the molecule is CCN(CC(=O)Nc1cc(Cl)ccc1C)CC(C)(C)O. The second-order valence-corrected chi connectivity index (χ2v) is 6.06. The summed E-state index contributed by atoms with van der Waals surface area (Å²) < 4.78 is 0. The Morgan fingerprint density at radius 2 is 2.10 bits per heavy atom. The fraction of sp³-hybridized carbons (Fsp3) is 0.533. The lowest BCUT2D eigenvalue weighted by molar-refractivity contribution is -0.117. The van der Waals surface area contributed by atoms with Crippen molar-refractivity contribution in [2.75, 3.05) is 25.0 Å². The minimum absolute atomic E-state index is 0.110. The summed E-state index contributed by atoms with van der Waals surface area (Å²) in [4.78, 5) is 14.0. The number of nitrogens with one attached hydrogen (secondary N) is 1. The Labute approximate surface area is 125 Å². The lowest BCUT2D eigenvalue weighted by atomic mass is 10.1. The van der Waals surface area contributed by atoms with Crippen molar-refractivity contribution in [2.24, 2.45) is 0 Å². The van der Waals surface area contributed by atoms with Crippen molar-refractivity contribution in [3.05, 3.63) is 28.8 Å². The van der Waals surface area contributed by atoms with Crippen molar-refractivity contribution in [3.8, 4) is 0 Å². The van der Waals surface area contributed by atoms with Crippen LogP contribution in [0.4, 0.5) is 5.69 Å². The Hall–Kier alpha value is -1.10. The van der Waals surface area contributed by atoms with Crippen molar-refractivity contribution < 1.29 is 9.90 Å². The lowest BCUT2D eigenvalue weighted by Gasteiger charge is -2.27. The number of amides is 1. The first-order chi connectivity index (χ1) is 9.21. The summed E-state index contributed by atoms with van der Waals surface area (Å²) in [5.41, 5.74) is 0.873. The number of aryl methyl sites for hydroxylation is 1. The summed E-state index contributed by atoms with van der Waals surface area (Å²) in [6.45, 7) is 8.73. The summed E-state index contributed by atoms with van der Waals surface area (Å²) >= 11 is 5.93. The average Bonchev–Trinajstić information content (AvgIpc) is 2.31. The van der Waals surface area contributed by atoms with Crippen LogP contribution in [-0.2, 0) is 4.79 Å². The van der Waals surface area contributed by atoms with E-state index in [1.54, 1.807) is 26.0 Å². The van der Waals surface area contributed by atoms with Gasteiger partial charge in [-0.05, 0) is 45.0 Å². The number of hydrogen-bond donors (Lipinski definition) is 2. The number of hydrogen-bond acceptors (Lipinski definition) is 3. The number of rotatable bonds is 6. The monoisotopic (exact) mass is 298 g/mol. The van der Waals surface area contributed by atoms with Crippen LogP contribution in [0.2, 0.25) is 5.02 Å². The van der Waals surface area contributed by atoms with Gasteiger partial charge in [0, 0.05) is 17.3 Å². The van der Waals surface area contributed by atoms with Crippen LogP contribution in [0.3, 0.4) is 0 Å². The molecule has 0 aliphatic heterocycles. The standard InChI is InChI=1S/C15H23ClN2O2/c1-5-18(10-15(3,4)20)9-14(19)17-13-8-12(16)7-6-11(13)2/h6-8,20H,5,9-10H2,1-4H3,(H,17,19). The molecule has 0 saturated carbocycles. The van der Waals surface area contributed by atoms with Crippen LogP contribution in [0.1, 0.15) is 26.3 Å². The van der Waals surface area contributed by atoms with Gasteiger partial charge in [0.25, 0.3) is 0 Å². The molecule has 1 aromatic carbocycles. The lowest BCUT2D eigenvalue weighted by Crippen LogP contribution is -2.42. The maximum atomic E-state index is 12.1. The molecule has 0 aliphatic carbocycles. The normalized spacial score (nSPS) is 11.8. The number of halogens is 1. The predicted molar refractivity (Wildman–Crippen MR) is 83.2 cm³/mol. The Morgan fingerprint density at radius 3 is 2.65 bits per heavy atom. The minimum atomic E-state index is -0.817. The van der Waals surface area contributed by atoms with Gasteiger partial charge in [-0.1, -0.05) is 24.6 Å². The van der Waals surface area contributed by atoms with Gasteiger partial charge in [0.1, 0.15) is 0 Å². The molecule has 0 aromatic heterocycles. The molecule has 1 aromatic rings.